The van der Waals surface area contributed by atoms with Gasteiger partial charge in [0.15, 0.2) is 11.4 Å². The third-order valence-electron chi connectivity index (χ3n) is 4.21. The van der Waals surface area contributed by atoms with Gasteiger partial charge in [-0.2, -0.15) is 0 Å². The van der Waals surface area contributed by atoms with Crippen LogP contribution in [0.15, 0.2) is 41.2 Å². The van der Waals surface area contributed by atoms with Gasteiger partial charge in [0, 0.05) is 11.9 Å². The number of aromatic hydroxyl groups is 1. The summed E-state index contributed by atoms with van der Waals surface area (Å²) in [5.41, 5.74) is -0.654. The Morgan fingerprint density at radius 3 is 2.23 bits per heavy atom. The summed E-state index contributed by atoms with van der Waals surface area (Å²) < 4.78 is 6.43. The zero-order chi connectivity index (χ0) is 19.1. The second-order valence-electron chi connectivity index (χ2n) is 7.61. The molecular formula is C21H23NO4. The monoisotopic (exact) mass is 353 g/mol. The first-order valence-corrected chi connectivity index (χ1v) is 8.68. The van der Waals surface area contributed by atoms with Crippen LogP contribution in [-0.4, -0.2) is 22.2 Å². The minimum Gasteiger partial charge on any atom is -0.505 e. The topological polar surface area (TPSA) is 68.5 Å². The second-order valence-corrected chi connectivity index (χ2v) is 7.61. The van der Waals surface area contributed by atoms with Gasteiger partial charge in [0.2, 0.25) is 0 Å². The molecule has 0 aliphatic carbocycles. The van der Waals surface area contributed by atoms with E-state index in [4.69, 9.17) is 4.74 Å². The normalized spacial score (nSPS) is 11.8. The molecule has 0 saturated heterocycles. The summed E-state index contributed by atoms with van der Waals surface area (Å²) in [5, 5.41) is 13.4. The van der Waals surface area contributed by atoms with E-state index >= 15 is 0 Å². The van der Waals surface area contributed by atoms with E-state index in [9.17, 15) is 14.7 Å². The molecule has 0 radical (unpaired) electrons. The molecular weight excluding hydrogens is 330 g/mol. The van der Waals surface area contributed by atoms with Gasteiger partial charge < -0.3 is 9.84 Å². The molecule has 3 rings (SSSR count). The van der Waals surface area contributed by atoms with Crippen molar-refractivity contribution in [2.24, 2.45) is 5.41 Å². The number of ether oxygens (including phenoxy) is 1. The molecule has 1 aromatic heterocycles. The van der Waals surface area contributed by atoms with Crippen LogP contribution in [0.1, 0.15) is 38.2 Å². The lowest BCUT2D eigenvalue weighted by molar-refractivity contribution is 0.0506. The van der Waals surface area contributed by atoms with Crippen LogP contribution in [0, 0.1) is 5.41 Å². The summed E-state index contributed by atoms with van der Waals surface area (Å²) in [6.07, 6.45) is 0. The molecule has 136 valence electrons. The van der Waals surface area contributed by atoms with Gasteiger partial charge in [0.1, 0.15) is 0 Å². The van der Waals surface area contributed by atoms with Crippen LogP contribution in [0.3, 0.4) is 0 Å². The average molecular weight is 353 g/mol. The molecule has 0 fully saturated rings. The van der Waals surface area contributed by atoms with E-state index < -0.39 is 5.97 Å². The van der Waals surface area contributed by atoms with E-state index in [1.54, 1.807) is 19.1 Å². The highest BCUT2D eigenvalue weighted by Gasteiger charge is 2.26. The van der Waals surface area contributed by atoms with Crippen LogP contribution < -0.4 is 5.56 Å². The number of hydrogen-bond acceptors (Lipinski definition) is 4. The van der Waals surface area contributed by atoms with Crippen molar-refractivity contribution in [3.05, 3.63) is 52.4 Å². The Kier molecular flexibility index (Phi) is 4.48. The summed E-state index contributed by atoms with van der Waals surface area (Å²) in [4.78, 5) is 25.7. The highest BCUT2D eigenvalue weighted by atomic mass is 16.5. The number of carbonyl (C=O) groups excluding carboxylic acids is 1. The predicted octanol–water partition coefficient (Wildman–Crippen LogP) is 4.08. The zero-order valence-electron chi connectivity index (χ0n) is 15.5. The first-order valence-electron chi connectivity index (χ1n) is 8.68. The molecule has 3 aromatic rings. The molecule has 1 heterocycles. The molecule has 0 saturated carbocycles. The largest absolute Gasteiger partial charge is 0.505 e. The maximum absolute atomic E-state index is 13.2. The van der Waals surface area contributed by atoms with Crippen molar-refractivity contribution in [2.75, 3.05) is 6.61 Å². The van der Waals surface area contributed by atoms with Gasteiger partial charge in [-0.15, -0.1) is 0 Å². The number of aromatic nitrogens is 1. The van der Waals surface area contributed by atoms with Gasteiger partial charge in [0.25, 0.3) is 5.56 Å². The fourth-order valence-corrected chi connectivity index (χ4v) is 3.15. The summed E-state index contributed by atoms with van der Waals surface area (Å²) in [5.74, 6) is -0.908. The Morgan fingerprint density at radius 1 is 1.12 bits per heavy atom. The molecule has 0 aliphatic rings. The number of hydrogen-bond donors (Lipinski definition) is 1. The third-order valence-corrected chi connectivity index (χ3v) is 4.21. The number of carbonyl (C=O) groups is 1. The lowest BCUT2D eigenvalue weighted by atomic mass is 9.95. The van der Waals surface area contributed by atoms with Crippen LogP contribution >= 0.6 is 0 Å². The van der Waals surface area contributed by atoms with Crippen LogP contribution in [0.4, 0.5) is 0 Å². The summed E-state index contributed by atoms with van der Waals surface area (Å²) in [6, 6.07) is 11.1. The molecule has 2 aromatic carbocycles. The minimum absolute atomic E-state index is 0.0884. The molecule has 0 spiro atoms. The fourth-order valence-electron chi connectivity index (χ4n) is 3.15. The number of nitrogens with zero attached hydrogens (tertiary/aromatic N) is 1. The maximum atomic E-state index is 13.2. The molecule has 5 heteroatoms. The van der Waals surface area contributed by atoms with E-state index in [-0.39, 0.29) is 35.6 Å². The molecule has 0 unspecified atom stereocenters. The zero-order valence-corrected chi connectivity index (χ0v) is 15.5. The molecule has 1 N–H and O–H groups in total. The first-order chi connectivity index (χ1) is 12.2. The van der Waals surface area contributed by atoms with E-state index in [0.29, 0.717) is 10.8 Å². The number of rotatable bonds is 3. The number of benzene rings is 2. The van der Waals surface area contributed by atoms with E-state index in [2.05, 4.69) is 0 Å². The summed E-state index contributed by atoms with van der Waals surface area (Å²) in [6.45, 7) is 8.05. The van der Waals surface area contributed by atoms with Gasteiger partial charge >= 0.3 is 5.97 Å². The van der Waals surface area contributed by atoms with E-state index in [0.717, 1.165) is 10.8 Å². The Morgan fingerprint density at radius 2 is 1.69 bits per heavy atom. The standard InChI is InChI=1S/C21H23NO4/c1-5-26-20(25)17-18(23)15-10-13-8-6-7-9-14(13)11-16(15)19(24)22(17)12-21(2,3)4/h6-11,23H,5,12H2,1-4H3. The van der Waals surface area contributed by atoms with Gasteiger partial charge in [-0.25, -0.2) is 4.79 Å². The summed E-state index contributed by atoms with van der Waals surface area (Å²) in [7, 11) is 0. The molecule has 5 nitrogen and oxygen atoms in total. The lowest BCUT2D eigenvalue weighted by Gasteiger charge is -2.23. The van der Waals surface area contributed by atoms with Crippen molar-refractivity contribution in [1.82, 2.24) is 4.57 Å². The van der Waals surface area contributed by atoms with Crippen LogP contribution in [0.2, 0.25) is 0 Å². The van der Waals surface area contributed by atoms with Crippen molar-refractivity contribution >= 4 is 27.5 Å². The van der Waals surface area contributed by atoms with Crippen molar-refractivity contribution in [3.8, 4) is 5.75 Å². The molecule has 0 amide bonds. The number of pyridine rings is 1. The Balaban J connectivity index is 2.43. The third kappa shape index (κ3) is 3.17. The Labute approximate surface area is 151 Å². The smallest absolute Gasteiger partial charge is 0.358 e. The SMILES string of the molecule is CCOC(=O)c1c(O)c2cc3ccccc3cc2c(=O)n1CC(C)(C)C. The van der Waals surface area contributed by atoms with Crippen molar-refractivity contribution in [2.45, 2.75) is 34.2 Å². The Hall–Kier alpha value is -2.82. The van der Waals surface area contributed by atoms with Crippen LogP contribution in [0.5, 0.6) is 5.75 Å². The quantitative estimate of drug-likeness (QED) is 0.569. The predicted molar refractivity (Wildman–Crippen MR) is 103 cm³/mol. The van der Waals surface area contributed by atoms with Gasteiger partial charge in [-0.3, -0.25) is 9.36 Å². The van der Waals surface area contributed by atoms with Crippen LogP contribution in [0.25, 0.3) is 21.5 Å². The lowest BCUT2D eigenvalue weighted by Crippen LogP contribution is -2.32. The average Bonchev–Trinajstić information content (AvgIpc) is 2.57. The number of esters is 1. The van der Waals surface area contributed by atoms with Crippen LogP contribution in [-0.2, 0) is 11.3 Å². The molecule has 26 heavy (non-hydrogen) atoms. The van der Waals surface area contributed by atoms with Gasteiger partial charge in [-0.1, -0.05) is 45.0 Å². The van der Waals surface area contributed by atoms with Gasteiger partial charge in [-0.05, 0) is 35.2 Å². The highest BCUT2D eigenvalue weighted by Crippen LogP contribution is 2.32. The van der Waals surface area contributed by atoms with Crippen molar-refractivity contribution in [1.29, 1.82) is 0 Å². The van der Waals surface area contributed by atoms with E-state index in [1.165, 1.54) is 4.57 Å². The molecule has 0 bridgehead atoms. The van der Waals surface area contributed by atoms with Gasteiger partial charge in [0.05, 0.1) is 12.0 Å². The molecule has 0 atom stereocenters. The molecule has 0 aliphatic heterocycles. The van der Waals surface area contributed by atoms with Crippen molar-refractivity contribution < 1.29 is 14.6 Å². The summed E-state index contributed by atoms with van der Waals surface area (Å²) >= 11 is 0. The fraction of sp³-hybridized carbons (Fsp3) is 0.333. The Bertz CT molecular complexity index is 1060. The maximum Gasteiger partial charge on any atom is 0.358 e. The minimum atomic E-state index is -0.693. The number of fused-ring (bicyclic) bond motifs is 2. The first kappa shape index (κ1) is 18.0. The van der Waals surface area contributed by atoms with E-state index in [1.807, 2.05) is 45.0 Å². The second kappa shape index (κ2) is 6.48. The van der Waals surface area contributed by atoms with Crippen molar-refractivity contribution in [3.63, 3.8) is 0 Å². The highest BCUT2D eigenvalue weighted by molar-refractivity contribution is 6.04.